The van der Waals surface area contributed by atoms with Crippen molar-refractivity contribution in [2.24, 2.45) is 0 Å². The van der Waals surface area contributed by atoms with Gasteiger partial charge >= 0.3 is 0 Å². The molecule has 6 nitrogen and oxygen atoms in total. The molecule has 0 saturated heterocycles. The first kappa shape index (κ1) is 17.5. The van der Waals surface area contributed by atoms with Crippen LogP contribution in [0, 0.1) is 11.6 Å². The van der Waals surface area contributed by atoms with E-state index in [0.29, 0.717) is 16.6 Å². The first-order chi connectivity index (χ1) is 13.6. The molecule has 0 atom stereocenters. The maximum atomic E-state index is 14.3. The number of halogens is 2. The summed E-state index contributed by atoms with van der Waals surface area (Å²) in [7, 11) is 0. The Morgan fingerprint density at radius 1 is 1.07 bits per heavy atom. The molecule has 0 saturated carbocycles. The molecule has 4 rings (SSSR count). The fourth-order valence-corrected chi connectivity index (χ4v) is 2.63. The van der Waals surface area contributed by atoms with Crippen LogP contribution in [-0.2, 0) is 0 Å². The van der Waals surface area contributed by atoms with Gasteiger partial charge in [0.15, 0.2) is 0 Å². The fraction of sp³-hybridized carbons (Fsp3) is 0. The van der Waals surface area contributed by atoms with Crippen LogP contribution in [0.1, 0.15) is 21.7 Å². The number of amides is 1. The van der Waals surface area contributed by atoms with Gasteiger partial charge in [0.2, 0.25) is 0 Å². The van der Waals surface area contributed by atoms with Crippen LogP contribution in [0.5, 0.6) is 0 Å². The standard InChI is InChI=1S/C20H13F2N5O/c21-13-4-1-12(2-5-13)3-6-16-14-9-18(15(22)10-17(14)27-26-16)25-20(28)19-11-23-7-8-24-19/h1-11H,(H,25,28)(H,26,27)/b6-3+. The number of H-pyrrole nitrogens is 1. The van der Waals surface area contributed by atoms with Gasteiger partial charge in [0, 0.05) is 23.8 Å². The molecule has 0 bridgehead atoms. The number of benzene rings is 2. The highest BCUT2D eigenvalue weighted by atomic mass is 19.1. The van der Waals surface area contributed by atoms with Crippen molar-refractivity contribution >= 4 is 34.6 Å². The minimum Gasteiger partial charge on any atom is -0.318 e. The number of anilines is 1. The van der Waals surface area contributed by atoms with E-state index < -0.39 is 11.7 Å². The highest BCUT2D eigenvalue weighted by Crippen LogP contribution is 2.25. The molecule has 2 heterocycles. The van der Waals surface area contributed by atoms with E-state index in [1.807, 2.05) is 0 Å². The van der Waals surface area contributed by atoms with Gasteiger partial charge in [-0.25, -0.2) is 13.8 Å². The van der Waals surface area contributed by atoms with E-state index in [9.17, 15) is 13.6 Å². The molecular weight excluding hydrogens is 364 g/mol. The quantitative estimate of drug-likeness (QED) is 0.562. The summed E-state index contributed by atoms with van der Waals surface area (Å²) in [6.45, 7) is 0. The Bertz CT molecular complexity index is 1170. The summed E-state index contributed by atoms with van der Waals surface area (Å²) in [5.74, 6) is -1.50. The molecule has 1 amide bonds. The summed E-state index contributed by atoms with van der Waals surface area (Å²) < 4.78 is 27.3. The summed E-state index contributed by atoms with van der Waals surface area (Å²) in [5, 5.41) is 10.0. The minimum absolute atomic E-state index is 0.000912. The molecule has 0 fully saturated rings. The second kappa shape index (κ2) is 7.36. The molecule has 0 aliphatic carbocycles. The summed E-state index contributed by atoms with van der Waals surface area (Å²) in [6.07, 6.45) is 7.59. The molecule has 138 valence electrons. The van der Waals surface area contributed by atoms with Crippen LogP contribution >= 0.6 is 0 Å². The number of nitrogens with one attached hydrogen (secondary N) is 2. The van der Waals surface area contributed by atoms with Crippen molar-refractivity contribution in [2.45, 2.75) is 0 Å². The Kier molecular flexibility index (Phi) is 4.59. The minimum atomic E-state index is -0.609. The SMILES string of the molecule is O=C(Nc1cc2c(/C=C/c3ccc(F)cc3)n[nH]c2cc1F)c1cnccn1. The van der Waals surface area contributed by atoms with Crippen LogP contribution in [0.25, 0.3) is 23.1 Å². The van der Waals surface area contributed by atoms with Crippen molar-refractivity contribution in [3.05, 3.63) is 83.6 Å². The first-order valence-corrected chi connectivity index (χ1v) is 8.29. The van der Waals surface area contributed by atoms with E-state index in [0.717, 1.165) is 5.56 Å². The van der Waals surface area contributed by atoms with E-state index in [1.165, 1.54) is 42.9 Å². The van der Waals surface area contributed by atoms with Crippen LogP contribution in [0.15, 0.2) is 55.0 Å². The van der Waals surface area contributed by atoms with Crippen LogP contribution in [-0.4, -0.2) is 26.1 Å². The summed E-state index contributed by atoms with van der Waals surface area (Å²) in [5.41, 5.74) is 1.89. The van der Waals surface area contributed by atoms with Crippen LogP contribution < -0.4 is 5.32 Å². The molecule has 0 aliphatic rings. The van der Waals surface area contributed by atoms with Crippen molar-refractivity contribution in [1.82, 2.24) is 20.2 Å². The number of carbonyl (C=O) groups is 1. The summed E-state index contributed by atoms with van der Waals surface area (Å²) >= 11 is 0. The Morgan fingerprint density at radius 2 is 1.89 bits per heavy atom. The van der Waals surface area contributed by atoms with E-state index in [1.54, 1.807) is 24.3 Å². The second-order valence-electron chi connectivity index (χ2n) is 5.92. The lowest BCUT2D eigenvalue weighted by atomic mass is 10.1. The largest absolute Gasteiger partial charge is 0.318 e. The number of fused-ring (bicyclic) bond motifs is 1. The number of aromatic amines is 1. The van der Waals surface area contributed by atoms with Crippen LogP contribution in [0.4, 0.5) is 14.5 Å². The molecule has 2 aromatic heterocycles. The van der Waals surface area contributed by atoms with Gasteiger partial charge in [0.05, 0.1) is 23.1 Å². The lowest BCUT2D eigenvalue weighted by molar-refractivity contribution is 0.102. The Labute approximate surface area is 158 Å². The summed E-state index contributed by atoms with van der Waals surface area (Å²) in [6, 6.07) is 8.73. The third-order valence-electron chi connectivity index (χ3n) is 4.03. The van der Waals surface area contributed by atoms with Gasteiger partial charge < -0.3 is 5.32 Å². The third kappa shape index (κ3) is 3.61. The Hall–Kier alpha value is -3.94. The molecule has 2 aromatic carbocycles. The molecular formula is C20H13F2N5O. The van der Waals surface area contributed by atoms with Gasteiger partial charge in [-0.1, -0.05) is 18.2 Å². The second-order valence-corrected chi connectivity index (χ2v) is 5.92. The zero-order chi connectivity index (χ0) is 19.5. The lowest BCUT2D eigenvalue weighted by Gasteiger charge is -2.06. The monoisotopic (exact) mass is 377 g/mol. The number of carbonyl (C=O) groups excluding carboxylic acids is 1. The maximum Gasteiger partial charge on any atom is 0.275 e. The number of hydrogen-bond acceptors (Lipinski definition) is 4. The van der Waals surface area contributed by atoms with Crippen molar-refractivity contribution in [1.29, 1.82) is 0 Å². The van der Waals surface area contributed by atoms with Gasteiger partial charge in [-0.15, -0.1) is 0 Å². The molecule has 0 unspecified atom stereocenters. The van der Waals surface area contributed by atoms with Crippen molar-refractivity contribution in [2.75, 3.05) is 5.32 Å². The molecule has 0 radical (unpaired) electrons. The topological polar surface area (TPSA) is 83.6 Å². The maximum absolute atomic E-state index is 14.3. The first-order valence-electron chi connectivity index (χ1n) is 8.29. The van der Waals surface area contributed by atoms with Crippen LogP contribution in [0.3, 0.4) is 0 Å². The lowest BCUT2D eigenvalue weighted by Crippen LogP contribution is -2.14. The van der Waals surface area contributed by atoms with Gasteiger partial charge in [0.1, 0.15) is 17.3 Å². The molecule has 2 N–H and O–H groups in total. The number of aromatic nitrogens is 4. The Morgan fingerprint density at radius 3 is 2.64 bits per heavy atom. The highest BCUT2D eigenvalue weighted by molar-refractivity contribution is 6.04. The average molecular weight is 377 g/mol. The van der Waals surface area contributed by atoms with Gasteiger partial charge in [-0.05, 0) is 29.8 Å². The fourth-order valence-electron chi connectivity index (χ4n) is 2.63. The van der Waals surface area contributed by atoms with Gasteiger partial charge in [-0.3, -0.25) is 14.9 Å². The number of hydrogen-bond donors (Lipinski definition) is 2. The molecule has 8 heteroatoms. The normalized spacial score (nSPS) is 11.2. The zero-order valence-corrected chi connectivity index (χ0v) is 14.4. The zero-order valence-electron chi connectivity index (χ0n) is 14.4. The molecule has 28 heavy (non-hydrogen) atoms. The molecule has 4 aromatic rings. The smallest absolute Gasteiger partial charge is 0.275 e. The average Bonchev–Trinajstić information content (AvgIpc) is 3.10. The predicted octanol–water partition coefficient (Wildman–Crippen LogP) is 4.05. The van der Waals surface area contributed by atoms with E-state index in [-0.39, 0.29) is 17.2 Å². The Balaban J connectivity index is 1.64. The summed E-state index contributed by atoms with van der Waals surface area (Å²) in [4.78, 5) is 19.9. The number of rotatable bonds is 4. The van der Waals surface area contributed by atoms with E-state index in [4.69, 9.17) is 0 Å². The van der Waals surface area contributed by atoms with Crippen LogP contribution in [0.2, 0.25) is 0 Å². The van der Waals surface area contributed by atoms with Gasteiger partial charge in [-0.2, -0.15) is 5.10 Å². The predicted molar refractivity (Wildman–Crippen MR) is 101 cm³/mol. The highest BCUT2D eigenvalue weighted by Gasteiger charge is 2.14. The van der Waals surface area contributed by atoms with Crippen molar-refractivity contribution in [3.63, 3.8) is 0 Å². The molecule has 0 spiro atoms. The van der Waals surface area contributed by atoms with E-state index in [2.05, 4.69) is 25.5 Å². The van der Waals surface area contributed by atoms with Gasteiger partial charge in [0.25, 0.3) is 5.91 Å². The number of nitrogens with zero attached hydrogens (tertiary/aromatic N) is 3. The molecule has 0 aliphatic heterocycles. The van der Waals surface area contributed by atoms with Crippen molar-refractivity contribution in [3.8, 4) is 0 Å². The van der Waals surface area contributed by atoms with Crippen molar-refractivity contribution < 1.29 is 13.6 Å². The third-order valence-corrected chi connectivity index (χ3v) is 4.03. The van der Waals surface area contributed by atoms with E-state index >= 15 is 0 Å².